The Morgan fingerprint density at radius 2 is 1.94 bits per heavy atom. The zero-order chi connectivity index (χ0) is 11.4. The SMILES string of the molecule is CC(NC1=CC(=O)CCC1)c1ccccc1. The average Bonchev–Trinajstić information content (AvgIpc) is 2.30. The summed E-state index contributed by atoms with van der Waals surface area (Å²) >= 11 is 0. The minimum atomic E-state index is 0.244. The summed E-state index contributed by atoms with van der Waals surface area (Å²) in [6.45, 7) is 2.12. The molecule has 1 aliphatic rings. The molecule has 84 valence electrons. The Morgan fingerprint density at radius 1 is 1.19 bits per heavy atom. The highest BCUT2D eigenvalue weighted by Gasteiger charge is 2.12. The molecule has 2 nitrogen and oxygen atoms in total. The Hall–Kier alpha value is -1.57. The summed E-state index contributed by atoms with van der Waals surface area (Å²) in [5, 5.41) is 3.41. The van der Waals surface area contributed by atoms with Gasteiger partial charge in [0.2, 0.25) is 0 Å². The molecule has 1 unspecified atom stereocenters. The topological polar surface area (TPSA) is 29.1 Å². The summed E-state index contributed by atoms with van der Waals surface area (Å²) in [7, 11) is 0. The summed E-state index contributed by atoms with van der Waals surface area (Å²) in [6, 6.07) is 10.5. The predicted octanol–water partition coefficient (Wildman–Crippen LogP) is 2.97. The number of rotatable bonds is 3. The lowest BCUT2D eigenvalue weighted by Gasteiger charge is -2.20. The van der Waals surface area contributed by atoms with Crippen LogP contribution in [0.25, 0.3) is 0 Å². The van der Waals surface area contributed by atoms with Gasteiger partial charge in [0.1, 0.15) is 0 Å². The van der Waals surface area contributed by atoms with E-state index >= 15 is 0 Å². The van der Waals surface area contributed by atoms with Crippen molar-refractivity contribution in [3.63, 3.8) is 0 Å². The maximum absolute atomic E-state index is 11.3. The molecule has 0 heterocycles. The van der Waals surface area contributed by atoms with Crippen molar-refractivity contribution in [3.05, 3.63) is 47.7 Å². The Balaban J connectivity index is 2.02. The highest BCUT2D eigenvalue weighted by molar-refractivity contribution is 5.91. The third-order valence-electron chi connectivity index (χ3n) is 2.91. The first-order valence-electron chi connectivity index (χ1n) is 5.80. The van der Waals surface area contributed by atoms with Crippen LogP contribution in [0.4, 0.5) is 0 Å². The van der Waals surface area contributed by atoms with Crippen LogP contribution in [0.3, 0.4) is 0 Å². The first kappa shape index (κ1) is 10.9. The van der Waals surface area contributed by atoms with Gasteiger partial charge in [-0.2, -0.15) is 0 Å². The lowest BCUT2D eigenvalue weighted by Crippen LogP contribution is -2.21. The average molecular weight is 215 g/mol. The molecule has 1 N–H and O–H groups in total. The molecule has 0 radical (unpaired) electrons. The van der Waals surface area contributed by atoms with Crippen molar-refractivity contribution in [1.29, 1.82) is 0 Å². The van der Waals surface area contributed by atoms with Gasteiger partial charge in [-0.15, -0.1) is 0 Å². The molecule has 0 spiro atoms. The van der Waals surface area contributed by atoms with Crippen LogP contribution in [0, 0.1) is 0 Å². The molecule has 1 aromatic rings. The minimum absolute atomic E-state index is 0.244. The van der Waals surface area contributed by atoms with Crippen LogP contribution in [0.1, 0.15) is 37.8 Å². The summed E-state index contributed by atoms with van der Waals surface area (Å²) in [4.78, 5) is 11.3. The molecule has 2 heteroatoms. The van der Waals surface area contributed by atoms with Gasteiger partial charge >= 0.3 is 0 Å². The molecule has 1 atom stereocenters. The standard InChI is InChI=1S/C14H17NO/c1-11(12-6-3-2-4-7-12)15-13-8-5-9-14(16)10-13/h2-4,6-7,10-11,15H,5,8-9H2,1H3. The van der Waals surface area contributed by atoms with Crippen molar-refractivity contribution >= 4 is 5.78 Å². The highest BCUT2D eigenvalue weighted by atomic mass is 16.1. The van der Waals surface area contributed by atoms with Crippen LogP contribution in [0.5, 0.6) is 0 Å². The highest BCUT2D eigenvalue weighted by Crippen LogP contribution is 2.18. The Labute approximate surface area is 96.4 Å². The summed E-state index contributed by atoms with van der Waals surface area (Å²) < 4.78 is 0. The molecule has 0 saturated heterocycles. The number of hydrogen-bond donors (Lipinski definition) is 1. The van der Waals surface area contributed by atoms with Crippen molar-refractivity contribution in [3.8, 4) is 0 Å². The lowest BCUT2D eigenvalue weighted by atomic mass is 10.0. The number of allylic oxidation sites excluding steroid dienone is 2. The van der Waals surface area contributed by atoms with Crippen molar-refractivity contribution in [2.75, 3.05) is 0 Å². The molecular weight excluding hydrogens is 198 g/mol. The maximum atomic E-state index is 11.3. The van der Waals surface area contributed by atoms with Crippen molar-refractivity contribution in [2.24, 2.45) is 0 Å². The Morgan fingerprint density at radius 3 is 2.62 bits per heavy atom. The van der Waals surface area contributed by atoms with Gasteiger partial charge in [-0.3, -0.25) is 4.79 Å². The van der Waals surface area contributed by atoms with Crippen molar-refractivity contribution in [2.45, 2.75) is 32.2 Å². The van der Waals surface area contributed by atoms with Gasteiger partial charge in [-0.05, 0) is 25.3 Å². The second kappa shape index (κ2) is 4.97. The van der Waals surface area contributed by atoms with E-state index in [4.69, 9.17) is 0 Å². The number of benzene rings is 1. The molecule has 0 amide bonds. The number of nitrogens with one attached hydrogen (secondary N) is 1. The molecule has 0 saturated carbocycles. The van der Waals surface area contributed by atoms with E-state index in [-0.39, 0.29) is 11.8 Å². The van der Waals surface area contributed by atoms with Gasteiger partial charge in [0.05, 0.1) is 0 Å². The van der Waals surface area contributed by atoms with Crippen molar-refractivity contribution in [1.82, 2.24) is 5.32 Å². The maximum Gasteiger partial charge on any atom is 0.157 e. The third-order valence-corrected chi connectivity index (χ3v) is 2.91. The summed E-state index contributed by atoms with van der Waals surface area (Å²) in [5.74, 6) is 0.244. The predicted molar refractivity (Wildman–Crippen MR) is 64.9 cm³/mol. The van der Waals surface area contributed by atoms with E-state index in [1.165, 1.54) is 5.56 Å². The van der Waals surface area contributed by atoms with E-state index in [0.29, 0.717) is 6.42 Å². The van der Waals surface area contributed by atoms with Gasteiger partial charge in [-0.1, -0.05) is 30.3 Å². The van der Waals surface area contributed by atoms with Gasteiger partial charge in [0, 0.05) is 24.2 Å². The fourth-order valence-electron chi connectivity index (χ4n) is 2.01. The van der Waals surface area contributed by atoms with Gasteiger partial charge in [0.25, 0.3) is 0 Å². The smallest absolute Gasteiger partial charge is 0.157 e. The van der Waals surface area contributed by atoms with Crippen LogP contribution in [-0.4, -0.2) is 5.78 Å². The van der Waals surface area contributed by atoms with E-state index in [1.54, 1.807) is 6.08 Å². The molecule has 1 aromatic carbocycles. The first-order chi connectivity index (χ1) is 7.75. The van der Waals surface area contributed by atoms with Gasteiger partial charge in [0.15, 0.2) is 5.78 Å². The van der Waals surface area contributed by atoms with Crippen LogP contribution in [0.2, 0.25) is 0 Å². The number of ketones is 1. The normalized spacial score (nSPS) is 17.8. The van der Waals surface area contributed by atoms with E-state index in [0.717, 1.165) is 18.5 Å². The van der Waals surface area contributed by atoms with Crippen LogP contribution in [0.15, 0.2) is 42.1 Å². The van der Waals surface area contributed by atoms with Crippen LogP contribution >= 0.6 is 0 Å². The van der Waals surface area contributed by atoms with Crippen LogP contribution in [-0.2, 0) is 4.79 Å². The van der Waals surface area contributed by atoms with Gasteiger partial charge < -0.3 is 5.32 Å². The lowest BCUT2D eigenvalue weighted by molar-refractivity contribution is -0.115. The first-order valence-corrected chi connectivity index (χ1v) is 5.80. The van der Waals surface area contributed by atoms with Crippen molar-refractivity contribution < 1.29 is 4.79 Å². The largest absolute Gasteiger partial charge is 0.382 e. The molecule has 2 rings (SSSR count). The fourth-order valence-corrected chi connectivity index (χ4v) is 2.01. The second-order valence-electron chi connectivity index (χ2n) is 4.27. The zero-order valence-electron chi connectivity index (χ0n) is 9.57. The molecular formula is C14H17NO. The Bertz CT molecular complexity index is 394. The number of carbonyl (C=O) groups is 1. The van der Waals surface area contributed by atoms with E-state index in [2.05, 4.69) is 24.4 Å². The Kier molecular flexibility index (Phi) is 3.40. The quantitative estimate of drug-likeness (QED) is 0.839. The molecule has 0 aromatic heterocycles. The third kappa shape index (κ3) is 2.72. The summed E-state index contributed by atoms with van der Waals surface area (Å²) in [6.07, 6.45) is 4.41. The van der Waals surface area contributed by atoms with Gasteiger partial charge in [-0.25, -0.2) is 0 Å². The molecule has 1 aliphatic carbocycles. The molecule has 0 aliphatic heterocycles. The van der Waals surface area contributed by atoms with Crippen LogP contribution < -0.4 is 5.32 Å². The summed E-state index contributed by atoms with van der Waals surface area (Å²) in [5.41, 5.74) is 2.33. The number of carbonyl (C=O) groups excluding carboxylic acids is 1. The molecule has 16 heavy (non-hydrogen) atoms. The number of hydrogen-bond acceptors (Lipinski definition) is 2. The van der Waals surface area contributed by atoms with E-state index in [1.807, 2.05) is 18.2 Å². The van der Waals surface area contributed by atoms with E-state index in [9.17, 15) is 4.79 Å². The minimum Gasteiger partial charge on any atom is -0.382 e. The molecule has 0 fully saturated rings. The fraction of sp³-hybridized carbons (Fsp3) is 0.357. The zero-order valence-corrected chi connectivity index (χ0v) is 9.57. The molecule has 0 bridgehead atoms. The monoisotopic (exact) mass is 215 g/mol. The van der Waals surface area contributed by atoms with E-state index < -0.39 is 0 Å². The second-order valence-corrected chi connectivity index (χ2v) is 4.27.